The molecule has 0 saturated carbocycles. The van der Waals surface area contributed by atoms with Gasteiger partial charge in [-0.05, 0) is 42.9 Å². The second-order valence-corrected chi connectivity index (χ2v) is 4.24. The van der Waals surface area contributed by atoms with Crippen LogP contribution in [-0.4, -0.2) is 10.7 Å². The van der Waals surface area contributed by atoms with Crippen molar-refractivity contribution in [3.8, 4) is 0 Å². The molecule has 0 radical (unpaired) electrons. The standard InChI is InChI=1S/C11H12ClNS/c12-9-3-4-11-8(6-9)7-10(13-11)2-1-5-14/h3-4,6-7,13-14H,1-2,5H2. The van der Waals surface area contributed by atoms with Crippen molar-refractivity contribution < 1.29 is 0 Å². The van der Waals surface area contributed by atoms with Crippen LogP contribution in [-0.2, 0) is 6.42 Å². The normalized spacial score (nSPS) is 11.0. The molecule has 1 aromatic carbocycles. The smallest absolute Gasteiger partial charge is 0.0457 e. The Balaban J connectivity index is 2.32. The maximum absolute atomic E-state index is 5.91. The largest absolute Gasteiger partial charge is 0.358 e. The van der Waals surface area contributed by atoms with Crippen LogP contribution in [0.5, 0.6) is 0 Å². The molecule has 1 heterocycles. The summed E-state index contributed by atoms with van der Waals surface area (Å²) in [5.74, 6) is 0.927. The minimum atomic E-state index is 0.789. The minimum absolute atomic E-state index is 0.789. The van der Waals surface area contributed by atoms with Gasteiger partial charge < -0.3 is 4.98 Å². The van der Waals surface area contributed by atoms with E-state index in [2.05, 4.69) is 23.7 Å². The van der Waals surface area contributed by atoms with Crippen molar-refractivity contribution >= 4 is 35.1 Å². The van der Waals surface area contributed by atoms with Gasteiger partial charge in [0.05, 0.1) is 0 Å². The number of halogens is 1. The summed E-state index contributed by atoms with van der Waals surface area (Å²) in [6.45, 7) is 0. The lowest BCUT2D eigenvalue weighted by Crippen LogP contribution is -1.84. The number of hydrogen-bond acceptors (Lipinski definition) is 1. The van der Waals surface area contributed by atoms with Gasteiger partial charge >= 0.3 is 0 Å². The topological polar surface area (TPSA) is 15.8 Å². The number of nitrogens with one attached hydrogen (secondary N) is 1. The SMILES string of the molecule is SCCCc1cc2cc(Cl)ccc2[nH]1. The zero-order chi connectivity index (χ0) is 9.97. The molecule has 1 N–H and O–H groups in total. The Morgan fingerprint density at radius 1 is 1.29 bits per heavy atom. The summed E-state index contributed by atoms with van der Waals surface area (Å²) in [4.78, 5) is 3.36. The number of aromatic nitrogens is 1. The maximum Gasteiger partial charge on any atom is 0.0457 e. The number of benzene rings is 1. The summed E-state index contributed by atoms with van der Waals surface area (Å²) >= 11 is 10.1. The molecule has 74 valence electrons. The van der Waals surface area contributed by atoms with Gasteiger partial charge in [0.1, 0.15) is 0 Å². The highest BCUT2D eigenvalue weighted by atomic mass is 35.5. The Morgan fingerprint density at radius 2 is 2.14 bits per heavy atom. The number of aromatic amines is 1. The van der Waals surface area contributed by atoms with Gasteiger partial charge in [-0.25, -0.2) is 0 Å². The number of hydrogen-bond donors (Lipinski definition) is 2. The second kappa shape index (κ2) is 4.28. The molecule has 2 rings (SSSR count). The number of fused-ring (bicyclic) bond motifs is 1. The summed E-state index contributed by atoms with van der Waals surface area (Å²) in [7, 11) is 0. The monoisotopic (exact) mass is 225 g/mol. The summed E-state index contributed by atoms with van der Waals surface area (Å²) < 4.78 is 0. The summed E-state index contributed by atoms with van der Waals surface area (Å²) in [6, 6.07) is 8.06. The van der Waals surface area contributed by atoms with Gasteiger partial charge in [-0.3, -0.25) is 0 Å². The van der Waals surface area contributed by atoms with Crippen molar-refractivity contribution in [2.75, 3.05) is 5.75 Å². The minimum Gasteiger partial charge on any atom is -0.358 e. The van der Waals surface area contributed by atoms with Crippen LogP contribution in [0.15, 0.2) is 24.3 Å². The Bertz CT molecular complexity index is 436. The van der Waals surface area contributed by atoms with Crippen molar-refractivity contribution in [2.45, 2.75) is 12.8 Å². The lowest BCUT2D eigenvalue weighted by molar-refractivity contribution is 0.909. The van der Waals surface area contributed by atoms with E-state index in [-0.39, 0.29) is 0 Å². The summed E-state index contributed by atoms with van der Waals surface area (Å²) in [5.41, 5.74) is 2.42. The Morgan fingerprint density at radius 3 is 2.93 bits per heavy atom. The third-order valence-electron chi connectivity index (χ3n) is 2.24. The van der Waals surface area contributed by atoms with E-state index in [9.17, 15) is 0 Å². The third-order valence-corrected chi connectivity index (χ3v) is 2.79. The van der Waals surface area contributed by atoms with Gasteiger partial charge in [0.25, 0.3) is 0 Å². The average molecular weight is 226 g/mol. The van der Waals surface area contributed by atoms with E-state index >= 15 is 0 Å². The molecular formula is C11H12ClNS. The first kappa shape index (κ1) is 9.94. The van der Waals surface area contributed by atoms with Gasteiger partial charge in [0, 0.05) is 21.6 Å². The van der Waals surface area contributed by atoms with E-state index in [1.807, 2.05) is 18.2 Å². The average Bonchev–Trinajstić information content (AvgIpc) is 2.56. The molecule has 0 amide bonds. The van der Waals surface area contributed by atoms with Crippen LogP contribution >= 0.6 is 24.2 Å². The molecule has 1 nitrogen and oxygen atoms in total. The molecular weight excluding hydrogens is 214 g/mol. The van der Waals surface area contributed by atoms with E-state index in [1.54, 1.807) is 0 Å². The number of thiol groups is 1. The Labute approximate surface area is 93.9 Å². The summed E-state index contributed by atoms with van der Waals surface area (Å²) in [5, 5.41) is 1.98. The molecule has 2 aromatic rings. The first-order chi connectivity index (χ1) is 6.79. The molecule has 3 heteroatoms. The molecule has 0 atom stereocenters. The fourth-order valence-corrected chi connectivity index (χ4v) is 1.91. The highest BCUT2D eigenvalue weighted by Crippen LogP contribution is 2.20. The molecule has 0 aliphatic carbocycles. The van der Waals surface area contributed by atoms with Gasteiger partial charge in [0.15, 0.2) is 0 Å². The molecule has 1 aromatic heterocycles. The van der Waals surface area contributed by atoms with Gasteiger partial charge in [-0.15, -0.1) is 0 Å². The van der Waals surface area contributed by atoms with Gasteiger partial charge in [-0.1, -0.05) is 11.6 Å². The van der Waals surface area contributed by atoms with Crippen LogP contribution in [0.2, 0.25) is 5.02 Å². The van der Waals surface area contributed by atoms with Crippen molar-refractivity contribution in [2.24, 2.45) is 0 Å². The fourth-order valence-electron chi connectivity index (χ4n) is 1.57. The zero-order valence-electron chi connectivity index (χ0n) is 7.76. The maximum atomic E-state index is 5.91. The zero-order valence-corrected chi connectivity index (χ0v) is 9.41. The van der Waals surface area contributed by atoms with Crippen molar-refractivity contribution in [1.29, 1.82) is 0 Å². The highest BCUT2D eigenvalue weighted by Gasteiger charge is 2.00. The van der Waals surface area contributed by atoms with Crippen molar-refractivity contribution in [3.05, 3.63) is 35.0 Å². The molecule has 14 heavy (non-hydrogen) atoms. The van der Waals surface area contributed by atoms with Crippen LogP contribution in [0.1, 0.15) is 12.1 Å². The van der Waals surface area contributed by atoms with Crippen LogP contribution < -0.4 is 0 Å². The molecule has 0 bridgehead atoms. The quantitative estimate of drug-likeness (QED) is 0.742. The molecule has 0 saturated heterocycles. The Kier molecular flexibility index (Phi) is 3.04. The molecule has 0 aliphatic rings. The Hall–Kier alpha value is -0.600. The van der Waals surface area contributed by atoms with E-state index < -0.39 is 0 Å². The van der Waals surface area contributed by atoms with E-state index in [0.29, 0.717) is 0 Å². The lowest BCUT2D eigenvalue weighted by atomic mass is 10.2. The number of aryl methyl sites for hydroxylation is 1. The predicted molar refractivity (Wildman–Crippen MR) is 65.5 cm³/mol. The van der Waals surface area contributed by atoms with Gasteiger partial charge in [-0.2, -0.15) is 12.6 Å². The van der Waals surface area contributed by atoms with Crippen molar-refractivity contribution in [1.82, 2.24) is 4.98 Å². The number of H-pyrrole nitrogens is 1. The lowest BCUT2D eigenvalue weighted by Gasteiger charge is -1.92. The third kappa shape index (κ3) is 2.07. The molecule has 0 aliphatic heterocycles. The number of rotatable bonds is 3. The highest BCUT2D eigenvalue weighted by molar-refractivity contribution is 7.80. The van der Waals surface area contributed by atoms with Crippen LogP contribution in [0.25, 0.3) is 10.9 Å². The van der Waals surface area contributed by atoms with Crippen LogP contribution in [0.4, 0.5) is 0 Å². The van der Waals surface area contributed by atoms with Crippen LogP contribution in [0.3, 0.4) is 0 Å². The molecule has 0 unspecified atom stereocenters. The van der Waals surface area contributed by atoms with E-state index in [0.717, 1.165) is 29.1 Å². The van der Waals surface area contributed by atoms with Crippen molar-refractivity contribution in [3.63, 3.8) is 0 Å². The second-order valence-electron chi connectivity index (χ2n) is 3.35. The van der Waals surface area contributed by atoms with E-state index in [4.69, 9.17) is 11.6 Å². The first-order valence-electron chi connectivity index (χ1n) is 4.67. The van der Waals surface area contributed by atoms with Crippen LogP contribution in [0, 0.1) is 0 Å². The molecule has 0 fully saturated rings. The summed E-state index contributed by atoms with van der Waals surface area (Å²) in [6.07, 6.45) is 2.15. The fraction of sp³-hybridized carbons (Fsp3) is 0.273. The first-order valence-corrected chi connectivity index (χ1v) is 5.68. The van der Waals surface area contributed by atoms with E-state index in [1.165, 1.54) is 11.1 Å². The van der Waals surface area contributed by atoms with Gasteiger partial charge in [0.2, 0.25) is 0 Å². The molecule has 0 spiro atoms. The predicted octanol–water partition coefficient (Wildman–Crippen LogP) is 3.68.